The molecular formula is C15H21N3O2. The van der Waals surface area contributed by atoms with Gasteiger partial charge in [0.15, 0.2) is 0 Å². The SMILES string of the molecule is CC(C)CNC(=O)c1ccccc1NC(=O)C1(N)CC1. The predicted octanol–water partition coefficient (Wildman–Crippen LogP) is 1.50. The van der Waals surface area contributed by atoms with Gasteiger partial charge in [-0.1, -0.05) is 26.0 Å². The van der Waals surface area contributed by atoms with Crippen LogP contribution in [0.15, 0.2) is 24.3 Å². The van der Waals surface area contributed by atoms with Crippen LogP contribution in [-0.4, -0.2) is 23.9 Å². The third-order valence-electron chi connectivity index (χ3n) is 3.33. The van der Waals surface area contributed by atoms with Crippen LogP contribution in [0, 0.1) is 5.92 Å². The van der Waals surface area contributed by atoms with E-state index in [0.29, 0.717) is 36.6 Å². The molecule has 0 aromatic heterocycles. The van der Waals surface area contributed by atoms with E-state index in [2.05, 4.69) is 10.6 Å². The van der Waals surface area contributed by atoms with E-state index in [1.165, 1.54) is 0 Å². The van der Waals surface area contributed by atoms with Gasteiger partial charge in [0.2, 0.25) is 5.91 Å². The number of rotatable bonds is 5. The first kappa shape index (κ1) is 14.5. The Balaban J connectivity index is 2.09. The first-order chi connectivity index (χ1) is 9.42. The van der Waals surface area contributed by atoms with E-state index in [0.717, 1.165) is 0 Å². The Hall–Kier alpha value is -1.88. The number of carbonyl (C=O) groups is 2. The normalized spacial score (nSPS) is 15.8. The summed E-state index contributed by atoms with van der Waals surface area (Å²) in [5.41, 5.74) is 6.07. The van der Waals surface area contributed by atoms with Crippen molar-refractivity contribution in [1.82, 2.24) is 5.32 Å². The highest BCUT2D eigenvalue weighted by Crippen LogP contribution is 2.33. The Labute approximate surface area is 118 Å². The lowest BCUT2D eigenvalue weighted by Gasteiger charge is -2.14. The minimum Gasteiger partial charge on any atom is -0.352 e. The number of para-hydroxylation sites is 1. The lowest BCUT2D eigenvalue weighted by molar-refractivity contribution is -0.118. The summed E-state index contributed by atoms with van der Waals surface area (Å²) in [5.74, 6) is -0.0300. The van der Waals surface area contributed by atoms with E-state index >= 15 is 0 Å². The van der Waals surface area contributed by atoms with E-state index in [9.17, 15) is 9.59 Å². The third kappa shape index (κ3) is 3.36. The summed E-state index contributed by atoms with van der Waals surface area (Å²) in [6, 6.07) is 6.97. The number of carbonyl (C=O) groups excluding carboxylic acids is 2. The van der Waals surface area contributed by atoms with Gasteiger partial charge in [0, 0.05) is 6.54 Å². The van der Waals surface area contributed by atoms with Crippen LogP contribution in [0.3, 0.4) is 0 Å². The van der Waals surface area contributed by atoms with E-state index in [1.807, 2.05) is 13.8 Å². The second-order valence-electron chi connectivity index (χ2n) is 5.76. The highest BCUT2D eigenvalue weighted by atomic mass is 16.2. The van der Waals surface area contributed by atoms with Crippen molar-refractivity contribution in [2.75, 3.05) is 11.9 Å². The van der Waals surface area contributed by atoms with Gasteiger partial charge in [0.05, 0.1) is 16.8 Å². The van der Waals surface area contributed by atoms with Gasteiger partial charge >= 0.3 is 0 Å². The molecule has 1 saturated carbocycles. The van der Waals surface area contributed by atoms with Gasteiger partial charge in [-0.05, 0) is 30.9 Å². The lowest BCUT2D eigenvalue weighted by Crippen LogP contribution is -2.38. The fraction of sp³-hybridized carbons (Fsp3) is 0.467. The highest BCUT2D eigenvalue weighted by molar-refractivity contribution is 6.06. The molecule has 0 radical (unpaired) electrons. The van der Waals surface area contributed by atoms with Crippen molar-refractivity contribution in [3.63, 3.8) is 0 Å². The standard InChI is InChI=1S/C15H21N3O2/c1-10(2)9-17-13(19)11-5-3-4-6-12(11)18-14(20)15(16)7-8-15/h3-6,10H,7-9,16H2,1-2H3,(H,17,19)(H,18,20). The van der Waals surface area contributed by atoms with Gasteiger partial charge in [-0.2, -0.15) is 0 Å². The largest absolute Gasteiger partial charge is 0.352 e. The molecule has 1 aliphatic carbocycles. The smallest absolute Gasteiger partial charge is 0.253 e. The average Bonchev–Trinajstić information content (AvgIpc) is 3.16. The molecule has 20 heavy (non-hydrogen) atoms. The summed E-state index contributed by atoms with van der Waals surface area (Å²) in [4.78, 5) is 24.1. The minimum absolute atomic E-state index is 0.184. The Morgan fingerprint density at radius 3 is 2.55 bits per heavy atom. The quantitative estimate of drug-likeness (QED) is 0.761. The lowest BCUT2D eigenvalue weighted by atomic mass is 10.1. The van der Waals surface area contributed by atoms with Crippen LogP contribution < -0.4 is 16.4 Å². The maximum absolute atomic E-state index is 12.1. The summed E-state index contributed by atoms with van der Waals surface area (Å²) in [6.45, 7) is 4.65. The van der Waals surface area contributed by atoms with Crippen molar-refractivity contribution in [2.24, 2.45) is 11.7 Å². The van der Waals surface area contributed by atoms with Crippen LogP contribution in [0.4, 0.5) is 5.69 Å². The molecule has 0 unspecified atom stereocenters. The predicted molar refractivity (Wildman–Crippen MR) is 78.4 cm³/mol. The maximum Gasteiger partial charge on any atom is 0.253 e. The maximum atomic E-state index is 12.1. The Morgan fingerprint density at radius 2 is 1.95 bits per heavy atom. The molecule has 108 valence electrons. The average molecular weight is 275 g/mol. The van der Waals surface area contributed by atoms with Crippen molar-refractivity contribution in [3.05, 3.63) is 29.8 Å². The molecule has 0 bridgehead atoms. The van der Waals surface area contributed by atoms with Gasteiger partial charge in [0.25, 0.3) is 5.91 Å². The number of amides is 2. The van der Waals surface area contributed by atoms with Gasteiger partial charge in [-0.3, -0.25) is 9.59 Å². The molecule has 5 heteroatoms. The van der Waals surface area contributed by atoms with Crippen LogP contribution in [0.1, 0.15) is 37.0 Å². The molecule has 0 saturated heterocycles. The van der Waals surface area contributed by atoms with E-state index in [4.69, 9.17) is 5.73 Å². The summed E-state index contributed by atoms with van der Waals surface area (Å²) in [6.07, 6.45) is 1.39. The monoisotopic (exact) mass is 275 g/mol. The number of hydrogen-bond donors (Lipinski definition) is 3. The first-order valence-electron chi connectivity index (χ1n) is 6.90. The topological polar surface area (TPSA) is 84.2 Å². The molecule has 4 N–H and O–H groups in total. The van der Waals surface area contributed by atoms with Crippen LogP contribution in [0.2, 0.25) is 0 Å². The summed E-state index contributed by atoms with van der Waals surface area (Å²) in [7, 11) is 0. The van der Waals surface area contributed by atoms with Crippen molar-refractivity contribution in [2.45, 2.75) is 32.2 Å². The molecule has 1 aromatic rings. The van der Waals surface area contributed by atoms with E-state index in [-0.39, 0.29) is 11.8 Å². The molecule has 0 aliphatic heterocycles. The number of benzene rings is 1. The van der Waals surface area contributed by atoms with Crippen LogP contribution in [0.25, 0.3) is 0 Å². The van der Waals surface area contributed by atoms with E-state index in [1.54, 1.807) is 24.3 Å². The highest BCUT2D eigenvalue weighted by Gasteiger charge is 2.46. The van der Waals surface area contributed by atoms with E-state index < -0.39 is 5.54 Å². The molecule has 0 atom stereocenters. The zero-order valence-electron chi connectivity index (χ0n) is 11.9. The second-order valence-corrected chi connectivity index (χ2v) is 5.76. The van der Waals surface area contributed by atoms with Crippen LogP contribution in [0.5, 0.6) is 0 Å². The number of hydrogen-bond acceptors (Lipinski definition) is 3. The summed E-state index contributed by atoms with van der Waals surface area (Å²) >= 11 is 0. The fourth-order valence-electron chi connectivity index (χ4n) is 1.79. The minimum atomic E-state index is -0.748. The van der Waals surface area contributed by atoms with Gasteiger partial charge in [0.1, 0.15) is 0 Å². The summed E-state index contributed by atoms with van der Waals surface area (Å²) in [5, 5.41) is 5.60. The van der Waals surface area contributed by atoms with Crippen LogP contribution >= 0.6 is 0 Å². The molecule has 2 amide bonds. The van der Waals surface area contributed by atoms with Crippen molar-refractivity contribution < 1.29 is 9.59 Å². The van der Waals surface area contributed by atoms with Crippen LogP contribution in [-0.2, 0) is 4.79 Å². The van der Waals surface area contributed by atoms with Gasteiger partial charge < -0.3 is 16.4 Å². The zero-order valence-corrected chi connectivity index (χ0v) is 11.9. The zero-order chi connectivity index (χ0) is 14.8. The first-order valence-corrected chi connectivity index (χ1v) is 6.90. The Kier molecular flexibility index (Phi) is 4.09. The third-order valence-corrected chi connectivity index (χ3v) is 3.33. The van der Waals surface area contributed by atoms with Crippen molar-refractivity contribution in [3.8, 4) is 0 Å². The molecule has 1 fully saturated rings. The summed E-state index contributed by atoms with van der Waals surface area (Å²) < 4.78 is 0. The van der Waals surface area contributed by atoms with Crippen molar-refractivity contribution in [1.29, 1.82) is 0 Å². The molecule has 1 aromatic carbocycles. The molecular weight excluding hydrogens is 254 g/mol. The molecule has 2 rings (SSSR count). The molecule has 5 nitrogen and oxygen atoms in total. The van der Waals surface area contributed by atoms with Crippen molar-refractivity contribution >= 4 is 17.5 Å². The number of nitrogens with two attached hydrogens (primary N) is 1. The van der Waals surface area contributed by atoms with Gasteiger partial charge in [-0.25, -0.2) is 0 Å². The number of anilines is 1. The molecule has 0 heterocycles. The molecule has 1 aliphatic rings. The number of nitrogens with one attached hydrogen (secondary N) is 2. The van der Waals surface area contributed by atoms with Gasteiger partial charge in [-0.15, -0.1) is 0 Å². The fourth-order valence-corrected chi connectivity index (χ4v) is 1.79. The Morgan fingerprint density at radius 1 is 1.30 bits per heavy atom. The Bertz CT molecular complexity index is 522. The second kappa shape index (κ2) is 5.63. The molecule has 0 spiro atoms.